The second-order valence-corrected chi connectivity index (χ2v) is 4.33. The van der Waals surface area contributed by atoms with Crippen molar-refractivity contribution in [2.24, 2.45) is 5.92 Å². The van der Waals surface area contributed by atoms with Gasteiger partial charge in [0.25, 0.3) is 5.56 Å². The van der Waals surface area contributed by atoms with E-state index in [4.69, 9.17) is 0 Å². The van der Waals surface area contributed by atoms with Crippen LogP contribution in [0.25, 0.3) is 0 Å². The highest BCUT2D eigenvalue weighted by Gasteiger charge is 2.14. The first-order valence-electron chi connectivity index (χ1n) is 5.64. The molecule has 1 fully saturated rings. The zero-order chi connectivity index (χ0) is 10.7. The van der Waals surface area contributed by atoms with Crippen LogP contribution in [0, 0.1) is 12.8 Å². The molecule has 1 atom stereocenters. The molecule has 0 amide bonds. The minimum Gasteiger partial charge on any atom is -0.316 e. The van der Waals surface area contributed by atoms with Gasteiger partial charge >= 0.3 is 0 Å². The van der Waals surface area contributed by atoms with E-state index in [1.807, 2.05) is 23.6 Å². The molecule has 0 saturated carbocycles. The van der Waals surface area contributed by atoms with Gasteiger partial charge < -0.3 is 9.88 Å². The Kier molecular flexibility index (Phi) is 3.21. The molecule has 82 valence electrons. The molecular weight excluding hydrogens is 188 g/mol. The summed E-state index contributed by atoms with van der Waals surface area (Å²) in [5.74, 6) is 0.609. The van der Waals surface area contributed by atoms with Crippen molar-refractivity contribution in [1.29, 1.82) is 0 Å². The highest BCUT2D eigenvalue weighted by Crippen LogP contribution is 2.12. The fourth-order valence-corrected chi connectivity index (χ4v) is 2.20. The lowest BCUT2D eigenvalue weighted by Gasteiger charge is -2.24. The van der Waals surface area contributed by atoms with Gasteiger partial charge in [-0.25, -0.2) is 0 Å². The Hall–Kier alpha value is -1.09. The van der Waals surface area contributed by atoms with Gasteiger partial charge in [-0.2, -0.15) is 0 Å². The van der Waals surface area contributed by atoms with Crippen molar-refractivity contribution >= 4 is 0 Å². The minimum atomic E-state index is 0.126. The number of nitrogens with zero attached hydrogens (tertiary/aromatic N) is 1. The Morgan fingerprint density at radius 2 is 2.40 bits per heavy atom. The van der Waals surface area contributed by atoms with E-state index in [1.54, 1.807) is 6.07 Å². The maximum atomic E-state index is 11.7. The van der Waals surface area contributed by atoms with Crippen molar-refractivity contribution in [2.75, 3.05) is 13.1 Å². The molecule has 0 aliphatic carbocycles. The van der Waals surface area contributed by atoms with Gasteiger partial charge in [-0.05, 0) is 44.8 Å². The van der Waals surface area contributed by atoms with E-state index in [1.165, 1.54) is 12.8 Å². The van der Waals surface area contributed by atoms with Crippen LogP contribution in [0.4, 0.5) is 0 Å². The average Bonchev–Trinajstić information content (AvgIpc) is 2.25. The maximum absolute atomic E-state index is 11.7. The molecule has 1 aliphatic heterocycles. The molecule has 15 heavy (non-hydrogen) atoms. The molecular formula is C12H18N2O. The summed E-state index contributed by atoms with van der Waals surface area (Å²) >= 11 is 0. The fourth-order valence-electron chi connectivity index (χ4n) is 2.20. The molecule has 1 aromatic rings. The van der Waals surface area contributed by atoms with Gasteiger partial charge in [0, 0.05) is 18.3 Å². The van der Waals surface area contributed by atoms with Crippen LogP contribution in [0.5, 0.6) is 0 Å². The van der Waals surface area contributed by atoms with Crippen LogP contribution >= 0.6 is 0 Å². The third-order valence-electron chi connectivity index (χ3n) is 3.11. The summed E-state index contributed by atoms with van der Waals surface area (Å²) < 4.78 is 1.89. The SMILES string of the molecule is Cc1cccc(=O)n1CC1CCCNC1. The van der Waals surface area contributed by atoms with Crippen LogP contribution < -0.4 is 10.9 Å². The quantitative estimate of drug-likeness (QED) is 0.787. The monoisotopic (exact) mass is 206 g/mol. The Balaban J connectivity index is 2.12. The van der Waals surface area contributed by atoms with Crippen LogP contribution in [0.15, 0.2) is 23.0 Å². The van der Waals surface area contributed by atoms with E-state index in [9.17, 15) is 4.79 Å². The van der Waals surface area contributed by atoms with Gasteiger partial charge in [0.05, 0.1) is 0 Å². The predicted molar refractivity (Wildman–Crippen MR) is 61.0 cm³/mol. The number of hydrogen-bond donors (Lipinski definition) is 1. The van der Waals surface area contributed by atoms with Crippen LogP contribution in [0.2, 0.25) is 0 Å². The molecule has 0 radical (unpaired) electrons. The highest BCUT2D eigenvalue weighted by molar-refractivity contribution is 5.04. The zero-order valence-corrected chi connectivity index (χ0v) is 9.20. The minimum absolute atomic E-state index is 0.126. The topological polar surface area (TPSA) is 34.0 Å². The molecule has 3 heteroatoms. The summed E-state index contributed by atoms with van der Waals surface area (Å²) in [4.78, 5) is 11.7. The van der Waals surface area contributed by atoms with Gasteiger partial charge in [0.2, 0.25) is 0 Å². The van der Waals surface area contributed by atoms with Crippen molar-refractivity contribution in [3.8, 4) is 0 Å². The predicted octanol–water partition coefficient (Wildman–Crippen LogP) is 1.16. The molecule has 1 aromatic heterocycles. The maximum Gasteiger partial charge on any atom is 0.250 e. The summed E-state index contributed by atoms with van der Waals surface area (Å²) in [6.45, 7) is 5.02. The molecule has 1 saturated heterocycles. The van der Waals surface area contributed by atoms with E-state index in [0.717, 1.165) is 25.3 Å². The molecule has 1 N–H and O–H groups in total. The summed E-state index contributed by atoms with van der Waals surface area (Å²) in [6, 6.07) is 5.47. The second kappa shape index (κ2) is 4.62. The van der Waals surface area contributed by atoms with E-state index in [2.05, 4.69) is 5.32 Å². The number of aromatic nitrogens is 1. The first-order valence-corrected chi connectivity index (χ1v) is 5.64. The molecule has 2 rings (SSSR count). The molecule has 0 spiro atoms. The van der Waals surface area contributed by atoms with E-state index in [0.29, 0.717) is 5.92 Å². The Labute approximate surface area is 90.1 Å². The number of hydrogen-bond acceptors (Lipinski definition) is 2. The number of aryl methyl sites for hydroxylation is 1. The Bertz CT molecular complexity index is 377. The molecule has 0 bridgehead atoms. The lowest BCUT2D eigenvalue weighted by Crippen LogP contribution is -2.35. The van der Waals surface area contributed by atoms with Crippen molar-refractivity contribution in [1.82, 2.24) is 9.88 Å². The third-order valence-corrected chi connectivity index (χ3v) is 3.11. The van der Waals surface area contributed by atoms with Crippen molar-refractivity contribution in [2.45, 2.75) is 26.3 Å². The van der Waals surface area contributed by atoms with Gasteiger partial charge in [0.1, 0.15) is 0 Å². The van der Waals surface area contributed by atoms with E-state index in [-0.39, 0.29) is 5.56 Å². The van der Waals surface area contributed by atoms with E-state index >= 15 is 0 Å². The molecule has 3 nitrogen and oxygen atoms in total. The van der Waals surface area contributed by atoms with Crippen LogP contribution in [-0.2, 0) is 6.54 Å². The first kappa shape index (κ1) is 10.4. The molecule has 1 aliphatic rings. The second-order valence-electron chi connectivity index (χ2n) is 4.33. The largest absolute Gasteiger partial charge is 0.316 e. The first-order chi connectivity index (χ1) is 7.27. The fraction of sp³-hybridized carbons (Fsp3) is 0.583. The normalized spacial score (nSPS) is 21.5. The van der Waals surface area contributed by atoms with Crippen LogP contribution in [-0.4, -0.2) is 17.7 Å². The average molecular weight is 206 g/mol. The van der Waals surface area contributed by atoms with Gasteiger partial charge in [-0.15, -0.1) is 0 Å². The van der Waals surface area contributed by atoms with E-state index < -0.39 is 0 Å². The summed E-state index contributed by atoms with van der Waals surface area (Å²) in [7, 11) is 0. The number of rotatable bonds is 2. The van der Waals surface area contributed by atoms with Crippen molar-refractivity contribution in [3.63, 3.8) is 0 Å². The van der Waals surface area contributed by atoms with Crippen molar-refractivity contribution in [3.05, 3.63) is 34.2 Å². The van der Waals surface area contributed by atoms with Gasteiger partial charge in [0.15, 0.2) is 0 Å². The van der Waals surface area contributed by atoms with Crippen LogP contribution in [0.3, 0.4) is 0 Å². The molecule has 0 aromatic carbocycles. The Morgan fingerprint density at radius 1 is 1.53 bits per heavy atom. The van der Waals surface area contributed by atoms with Gasteiger partial charge in [-0.1, -0.05) is 6.07 Å². The third kappa shape index (κ3) is 2.48. The zero-order valence-electron chi connectivity index (χ0n) is 9.20. The summed E-state index contributed by atoms with van der Waals surface area (Å²) in [5, 5.41) is 3.38. The van der Waals surface area contributed by atoms with Gasteiger partial charge in [-0.3, -0.25) is 4.79 Å². The number of nitrogens with one attached hydrogen (secondary N) is 1. The number of piperidine rings is 1. The van der Waals surface area contributed by atoms with Crippen molar-refractivity contribution < 1.29 is 0 Å². The molecule has 2 heterocycles. The summed E-state index contributed by atoms with van der Waals surface area (Å²) in [6.07, 6.45) is 2.46. The van der Waals surface area contributed by atoms with Crippen LogP contribution in [0.1, 0.15) is 18.5 Å². The lowest BCUT2D eigenvalue weighted by atomic mass is 9.99. The number of pyridine rings is 1. The smallest absolute Gasteiger partial charge is 0.250 e. The summed E-state index contributed by atoms with van der Waals surface area (Å²) in [5.41, 5.74) is 1.19. The standard InChI is InChI=1S/C12H18N2O/c1-10-4-2-6-12(15)14(10)9-11-5-3-7-13-8-11/h2,4,6,11,13H,3,5,7-9H2,1H3. The highest BCUT2D eigenvalue weighted by atomic mass is 16.1. The Morgan fingerprint density at radius 3 is 3.07 bits per heavy atom. The lowest BCUT2D eigenvalue weighted by molar-refractivity contribution is 0.331. The molecule has 1 unspecified atom stereocenters.